The van der Waals surface area contributed by atoms with E-state index in [0.717, 1.165) is 16.6 Å². The standard InChI is InChI=1S/C12H14N4OS/c1-15-6-4-9(14-15)8-18-12-13-11(17)5-7-16(12)10-2-3-10/h4-7,10H,2-3,8H2,1H3. The first-order chi connectivity index (χ1) is 8.72. The minimum Gasteiger partial charge on any atom is -0.324 e. The number of aryl methyl sites for hydroxylation is 1. The fourth-order valence-corrected chi connectivity index (χ4v) is 2.76. The SMILES string of the molecule is Cn1ccc(CSc2nc(=O)ccn2C2CC2)n1. The molecule has 0 aliphatic heterocycles. The van der Waals surface area contributed by atoms with Crippen molar-refractivity contribution in [1.29, 1.82) is 0 Å². The summed E-state index contributed by atoms with van der Waals surface area (Å²) in [5.74, 6) is 0.740. The summed E-state index contributed by atoms with van der Waals surface area (Å²) in [5.41, 5.74) is 0.832. The molecule has 2 aromatic rings. The van der Waals surface area contributed by atoms with Crippen molar-refractivity contribution >= 4 is 11.8 Å². The molecule has 0 aromatic carbocycles. The van der Waals surface area contributed by atoms with Crippen molar-refractivity contribution in [1.82, 2.24) is 19.3 Å². The van der Waals surface area contributed by atoms with Gasteiger partial charge in [0.05, 0.1) is 5.69 Å². The van der Waals surface area contributed by atoms with Crippen molar-refractivity contribution in [3.63, 3.8) is 0 Å². The van der Waals surface area contributed by atoms with Gasteiger partial charge in [-0.15, -0.1) is 0 Å². The number of aromatic nitrogens is 4. The van der Waals surface area contributed by atoms with Crippen LogP contribution in [0, 0.1) is 0 Å². The van der Waals surface area contributed by atoms with Crippen LogP contribution in [0.1, 0.15) is 24.6 Å². The quantitative estimate of drug-likeness (QED) is 0.620. The molecule has 1 aliphatic carbocycles. The Morgan fingerprint density at radius 2 is 2.22 bits per heavy atom. The predicted molar refractivity (Wildman–Crippen MR) is 69.5 cm³/mol. The maximum absolute atomic E-state index is 11.3. The lowest BCUT2D eigenvalue weighted by Crippen LogP contribution is -2.12. The summed E-state index contributed by atoms with van der Waals surface area (Å²) in [6, 6.07) is 4.04. The average molecular weight is 262 g/mol. The van der Waals surface area contributed by atoms with Gasteiger partial charge in [-0.05, 0) is 18.9 Å². The monoisotopic (exact) mass is 262 g/mol. The second-order valence-electron chi connectivity index (χ2n) is 4.46. The molecule has 0 bridgehead atoms. The lowest BCUT2D eigenvalue weighted by Gasteiger charge is -2.09. The van der Waals surface area contributed by atoms with E-state index in [9.17, 15) is 4.79 Å². The highest BCUT2D eigenvalue weighted by atomic mass is 32.2. The number of rotatable bonds is 4. The van der Waals surface area contributed by atoms with Crippen LogP contribution < -0.4 is 5.56 Å². The molecule has 0 radical (unpaired) electrons. The van der Waals surface area contributed by atoms with Gasteiger partial charge in [0.25, 0.3) is 5.56 Å². The van der Waals surface area contributed by atoms with Gasteiger partial charge < -0.3 is 4.57 Å². The van der Waals surface area contributed by atoms with E-state index in [1.807, 2.05) is 25.5 Å². The van der Waals surface area contributed by atoms with Crippen LogP contribution in [0.3, 0.4) is 0 Å². The Bertz CT molecular complexity index is 615. The zero-order valence-corrected chi connectivity index (χ0v) is 10.9. The third-order valence-corrected chi connectivity index (χ3v) is 3.86. The molecule has 6 heteroatoms. The first kappa shape index (κ1) is 11.5. The van der Waals surface area contributed by atoms with Crippen LogP contribution in [-0.2, 0) is 12.8 Å². The molecule has 5 nitrogen and oxygen atoms in total. The minimum atomic E-state index is -0.171. The molecule has 0 atom stereocenters. The van der Waals surface area contributed by atoms with E-state index in [2.05, 4.69) is 14.6 Å². The molecule has 18 heavy (non-hydrogen) atoms. The van der Waals surface area contributed by atoms with E-state index in [1.54, 1.807) is 16.4 Å². The van der Waals surface area contributed by atoms with E-state index in [4.69, 9.17) is 0 Å². The summed E-state index contributed by atoms with van der Waals surface area (Å²) in [6.07, 6.45) is 6.14. The summed E-state index contributed by atoms with van der Waals surface area (Å²) in [4.78, 5) is 15.4. The third-order valence-electron chi connectivity index (χ3n) is 2.86. The zero-order valence-electron chi connectivity index (χ0n) is 10.1. The van der Waals surface area contributed by atoms with Crippen molar-refractivity contribution in [2.75, 3.05) is 0 Å². The first-order valence-electron chi connectivity index (χ1n) is 5.93. The van der Waals surface area contributed by atoms with Crippen LogP contribution in [0.15, 0.2) is 34.5 Å². The van der Waals surface area contributed by atoms with E-state index in [0.29, 0.717) is 6.04 Å². The topological polar surface area (TPSA) is 52.7 Å². The second-order valence-corrected chi connectivity index (χ2v) is 5.40. The highest BCUT2D eigenvalue weighted by Gasteiger charge is 2.25. The molecule has 0 saturated heterocycles. The lowest BCUT2D eigenvalue weighted by atomic mass is 10.5. The van der Waals surface area contributed by atoms with Crippen LogP contribution in [0.4, 0.5) is 0 Å². The molecular weight excluding hydrogens is 248 g/mol. The van der Waals surface area contributed by atoms with Crippen molar-refractivity contribution in [3.8, 4) is 0 Å². The number of hydrogen-bond donors (Lipinski definition) is 0. The smallest absolute Gasteiger partial charge is 0.273 e. The van der Waals surface area contributed by atoms with Crippen LogP contribution in [-0.4, -0.2) is 19.3 Å². The Morgan fingerprint density at radius 3 is 2.89 bits per heavy atom. The Kier molecular flexibility index (Phi) is 2.95. The lowest BCUT2D eigenvalue weighted by molar-refractivity contribution is 0.624. The van der Waals surface area contributed by atoms with Gasteiger partial charge in [0.1, 0.15) is 0 Å². The third kappa shape index (κ3) is 2.48. The molecule has 2 aromatic heterocycles. The molecule has 0 N–H and O–H groups in total. The molecule has 1 saturated carbocycles. The molecule has 0 spiro atoms. The van der Waals surface area contributed by atoms with Crippen LogP contribution in [0.2, 0.25) is 0 Å². The number of nitrogens with zero attached hydrogens (tertiary/aromatic N) is 4. The Balaban J connectivity index is 1.78. The summed E-state index contributed by atoms with van der Waals surface area (Å²) in [5, 5.41) is 5.12. The van der Waals surface area contributed by atoms with Crippen molar-refractivity contribution in [3.05, 3.63) is 40.6 Å². The van der Waals surface area contributed by atoms with E-state index in [1.165, 1.54) is 18.9 Å². The summed E-state index contributed by atoms with van der Waals surface area (Å²) in [7, 11) is 1.90. The van der Waals surface area contributed by atoms with Gasteiger partial charge in [-0.1, -0.05) is 11.8 Å². The van der Waals surface area contributed by atoms with Crippen LogP contribution in [0.5, 0.6) is 0 Å². The van der Waals surface area contributed by atoms with Gasteiger partial charge in [0.2, 0.25) is 0 Å². The Morgan fingerprint density at radius 1 is 1.39 bits per heavy atom. The fraction of sp³-hybridized carbons (Fsp3) is 0.417. The second kappa shape index (κ2) is 4.61. The van der Waals surface area contributed by atoms with Crippen LogP contribution in [0.25, 0.3) is 0 Å². The van der Waals surface area contributed by atoms with E-state index < -0.39 is 0 Å². The fourth-order valence-electron chi connectivity index (χ4n) is 1.81. The predicted octanol–water partition coefficient (Wildman–Crippen LogP) is 1.60. The van der Waals surface area contributed by atoms with Crippen molar-refractivity contribution in [2.24, 2.45) is 7.05 Å². The molecule has 1 aliphatic rings. The minimum absolute atomic E-state index is 0.171. The van der Waals surface area contributed by atoms with Gasteiger partial charge in [-0.3, -0.25) is 9.48 Å². The van der Waals surface area contributed by atoms with Crippen molar-refractivity contribution < 1.29 is 0 Å². The van der Waals surface area contributed by atoms with E-state index in [-0.39, 0.29) is 5.56 Å². The van der Waals surface area contributed by atoms with Gasteiger partial charge in [-0.2, -0.15) is 10.1 Å². The first-order valence-corrected chi connectivity index (χ1v) is 6.91. The summed E-state index contributed by atoms with van der Waals surface area (Å²) < 4.78 is 3.89. The average Bonchev–Trinajstić information content (AvgIpc) is 3.10. The van der Waals surface area contributed by atoms with Gasteiger partial charge in [-0.25, -0.2) is 0 Å². The highest BCUT2D eigenvalue weighted by Crippen LogP contribution is 2.37. The maximum Gasteiger partial charge on any atom is 0.273 e. The zero-order chi connectivity index (χ0) is 12.5. The largest absolute Gasteiger partial charge is 0.324 e. The Hall–Kier alpha value is -1.56. The molecule has 1 fully saturated rings. The summed E-state index contributed by atoms with van der Waals surface area (Å²) >= 11 is 1.57. The number of hydrogen-bond acceptors (Lipinski definition) is 4. The van der Waals surface area contributed by atoms with Gasteiger partial charge in [0.15, 0.2) is 5.16 Å². The van der Waals surface area contributed by atoms with Crippen LogP contribution >= 0.6 is 11.8 Å². The molecular formula is C12H14N4OS. The Labute approximate surface area is 109 Å². The molecule has 3 rings (SSSR count). The highest BCUT2D eigenvalue weighted by molar-refractivity contribution is 7.98. The molecule has 2 heterocycles. The van der Waals surface area contributed by atoms with Gasteiger partial charge in [0, 0.05) is 37.3 Å². The maximum atomic E-state index is 11.3. The molecule has 94 valence electrons. The molecule has 0 unspecified atom stereocenters. The summed E-state index contributed by atoms with van der Waals surface area (Å²) in [6.45, 7) is 0. The van der Waals surface area contributed by atoms with Crippen molar-refractivity contribution in [2.45, 2.75) is 29.8 Å². The number of thioether (sulfide) groups is 1. The molecule has 0 amide bonds. The van der Waals surface area contributed by atoms with Gasteiger partial charge >= 0.3 is 0 Å². The normalized spacial score (nSPS) is 14.9. The van der Waals surface area contributed by atoms with E-state index >= 15 is 0 Å².